The lowest BCUT2D eigenvalue weighted by atomic mass is 10.2. The Labute approximate surface area is 128 Å². The fourth-order valence-corrected chi connectivity index (χ4v) is 1.93. The van der Waals surface area contributed by atoms with Crippen LogP contribution in [0, 0.1) is 6.92 Å². The minimum atomic E-state index is -0.347. The largest absolute Gasteiger partial charge is 0.497 e. The molecule has 2 aromatic rings. The Morgan fingerprint density at radius 2 is 1.68 bits per heavy atom. The van der Waals surface area contributed by atoms with Crippen molar-refractivity contribution in [1.29, 1.82) is 0 Å². The third kappa shape index (κ3) is 3.99. The van der Waals surface area contributed by atoms with Crippen molar-refractivity contribution < 1.29 is 14.3 Å². The van der Waals surface area contributed by atoms with Gasteiger partial charge in [-0.05, 0) is 55.0 Å². The average Bonchev–Trinajstić information content (AvgIpc) is 2.51. The molecule has 22 heavy (non-hydrogen) atoms. The van der Waals surface area contributed by atoms with Gasteiger partial charge in [-0.15, -0.1) is 0 Å². The molecule has 0 unspecified atom stereocenters. The molecule has 0 saturated heterocycles. The van der Waals surface area contributed by atoms with Crippen molar-refractivity contribution in [2.75, 3.05) is 23.1 Å². The summed E-state index contributed by atoms with van der Waals surface area (Å²) < 4.78 is 5.05. The van der Waals surface area contributed by atoms with Crippen molar-refractivity contribution in [3.8, 4) is 5.75 Å². The fourth-order valence-electron chi connectivity index (χ4n) is 1.93. The van der Waals surface area contributed by atoms with Gasteiger partial charge in [0.05, 0.1) is 7.11 Å². The number of hydrogen-bond acceptors (Lipinski definition) is 3. The highest BCUT2D eigenvalue weighted by atomic mass is 16.5. The number of nitrogens with one attached hydrogen (secondary N) is 3. The predicted octanol–water partition coefficient (Wildman–Crippen LogP) is 3.22. The molecule has 0 spiro atoms. The molecule has 3 N–H and O–H groups in total. The molecule has 0 aliphatic heterocycles. The molecule has 0 saturated carbocycles. The van der Waals surface area contributed by atoms with E-state index in [0.717, 1.165) is 11.3 Å². The molecule has 0 bridgehead atoms. The number of ether oxygens (including phenoxy) is 1. The predicted molar refractivity (Wildman–Crippen MR) is 86.5 cm³/mol. The van der Waals surface area contributed by atoms with E-state index in [1.54, 1.807) is 49.6 Å². The summed E-state index contributed by atoms with van der Waals surface area (Å²) in [4.78, 5) is 22.4. The number of carbonyl (C=O) groups is 2. The maximum absolute atomic E-state index is 11.9. The van der Waals surface area contributed by atoms with Gasteiger partial charge in [0.2, 0.25) is 6.41 Å². The van der Waals surface area contributed by atoms with Crippen molar-refractivity contribution in [2.45, 2.75) is 6.92 Å². The standard InChI is InChI=1S/C16H17N3O3/c1-11-9-13(5-8-15(11)17-10-20)19-16(21)18-12-3-6-14(22-2)7-4-12/h3-10H,1-2H3,(H,17,20)(H2,18,19,21). The molecule has 6 nitrogen and oxygen atoms in total. The Morgan fingerprint density at radius 3 is 2.27 bits per heavy atom. The molecule has 3 amide bonds. The van der Waals surface area contributed by atoms with Gasteiger partial charge in [0.15, 0.2) is 0 Å². The van der Waals surface area contributed by atoms with E-state index < -0.39 is 0 Å². The van der Waals surface area contributed by atoms with Gasteiger partial charge in [0.1, 0.15) is 5.75 Å². The van der Waals surface area contributed by atoms with Crippen LogP contribution in [0.1, 0.15) is 5.56 Å². The molecule has 2 rings (SSSR count). The van der Waals surface area contributed by atoms with Gasteiger partial charge >= 0.3 is 6.03 Å². The molecule has 0 atom stereocenters. The lowest BCUT2D eigenvalue weighted by Gasteiger charge is -2.10. The second-order valence-corrected chi connectivity index (χ2v) is 4.60. The number of benzene rings is 2. The molecular weight excluding hydrogens is 282 g/mol. The Bertz CT molecular complexity index is 669. The molecule has 0 heterocycles. The Balaban J connectivity index is 1.99. The Morgan fingerprint density at radius 1 is 1.05 bits per heavy atom. The van der Waals surface area contributed by atoms with E-state index in [4.69, 9.17) is 4.74 Å². The van der Waals surface area contributed by atoms with Crippen molar-refractivity contribution in [2.24, 2.45) is 0 Å². The van der Waals surface area contributed by atoms with Gasteiger partial charge in [-0.2, -0.15) is 0 Å². The lowest BCUT2D eigenvalue weighted by molar-refractivity contribution is -0.105. The zero-order valence-corrected chi connectivity index (χ0v) is 12.3. The summed E-state index contributed by atoms with van der Waals surface area (Å²) in [5, 5.41) is 8.04. The number of amides is 3. The van der Waals surface area contributed by atoms with Gasteiger partial charge in [-0.3, -0.25) is 4.79 Å². The average molecular weight is 299 g/mol. The van der Waals surface area contributed by atoms with Crippen LogP contribution < -0.4 is 20.7 Å². The molecule has 2 aromatic carbocycles. The van der Waals surface area contributed by atoms with E-state index in [-0.39, 0.29) is 6.03 Å². The van der Waals surface area contributed by atoms with Gasteiger partial charge in [0.25, 0.3) is 0 Å². The number of urea groups is 1. The van der Waals surface area contributed by atoms with Crippen LogP contribution in [0.4, 0.5) is 21.9 Å². The molecule has 0 radical (unpaired) electrons. The number of methoxy groups -OCH3 is 1. The van der Waals surface area contributed by atoms with E-state index in [0.29, 0.717) is 23.5 Å². The highest BCUT2D eigenvalue weighted by molar-refractivity contribution is 6.00. The minimum absolute atomic E-state index is 0.347. The normalized spacial score (nSPS) is 9.73. The maximum atomic E-state index is 11.9. The number of anilines is 3. The van der Waals surface area contributed by atoms with E-state index in [2.05, 4.69) is 16.0 Å². The third-order valence-electron chi connectivity index (χ3n) is 3.05. The summed E-state index contributed by atoms with van der Waals surface area (Å²) in [5.41, 5.74) is 2.86. The first-order chi connectivity index (χ1) is 10.6. The van der Waals surface area contributed by atoms with Crippen molar-refractivity contribution in [3.63, 3.8) is 0 Å². The second-order valence-electron chi connectivity index (χ2n) is 4.60. The quantitative estimate of drug-likeness (QED) is 0.742. The van der Waals surface area contributed by atoms with Crippen molar-refractivity contribution >= 4 is 29.5 Å². The molecule has 0 aliphatic rings. The molecule has 0 fully saturated rings. The van der Waals surface area contributed by atoms with Crippen molar-refractivity contribution in [1.82, 2.24) is 0 Å². The monoisotopic (exact) mass is 299 g/mol. The lowest BCUT2D eigenvalue weighted by Crippen LogP contribution is -2.19. The van der Waals surface area contributed by atoms with E-state index in [9.17, 15) is 9.59 Å². The summed E-state index contributed by atoms with van der Waals surface area (Å²) in [6, 6.07) is 11.9. The van der Waals surface area contributed by atoms with Crippen LogP contribution in [0.25, 0.3) is 0 Å². The first-order valence-electron chi connectivity index (χ1n) is 6.65. The Hall–Kier alpha value is -3.02. The van der Waals surface area contributed by atoms with Crippen LogP contribution in [0.15, 0.2) is 42.5 Å². The van der Waals surface area contributed by atoms with Gasteiger partial charge in [-0.1, -0.05) is 0 Å². The first-order valence-corrected chi connectivity index (χ1v) is 6.65. The van der Waals surface area contributed by atoms with Crippen LogP contribution >= 0.6 is 0 Å². The summed E-state index contributed by atoms with van der Waals surface area (Å²) in [7, 11) is 1.58. The van der Waals surface area contributed by atoms with E-state index in [1.165, 1.54) is 0 Å². The topological polar surface area (TPSA) is 79.5 Å². The number of aryl methyl sites for hydroxylation is 1. The van der Waals surface area contributed by atoms with Gasteiger partial charge in [-0.25, -0.2) is 4.79 Å². The van der Waals surface area contributed by atoms with E-state index >= 15 is 0 Å². The van der Waals surface area contributed by atoms with Crippen LogP contribution in [0.5, 0.6) is 5.75 Å². The van der Waals surface area contributed by atoms with Crippen LogP contribution in [0.3, 0.4) is 0 Å². The van der Waals surface area contributed by atoms with Gasteiger partial charge in [0, 0.05) is 17.1 Å². The maximum Gasteiger partial charge on any atom is 0.323 e. The Kier molecular flexibility index (Phi) is 4.98. The van der Waals surface area contributed by atoms with Crippen LogP contribution in [-0.2, 0) is 4.79 Å². The summed E-state index contributed by atoms with van der Waals surface area (Å²) in [6.07, 6.45) is 0.617. The summed E-state index contributed by atoms with van der Waals surface area (Å²) in [6.45, 7) is 1.85. The highest BCUT2D eigenvalue weighted by Crippen LogP contribution is 2.20. The van der Waals surface area contributed by atoms with Gasteiger partial charge < -0.3 is 20.7 Å². The number of carbonyl (C=O) groups excluding carboxylic acids is 2. The molecule has 0 aromatic heterocycles. The molecule has 0 aliphatic carbocycles. The molecular formula is C16H17N3O3. The number of rotatable bonds is 5. The van der Waals surface area contributed by atoms with Crippen LogP contribution in [-0.4, -0.2) is 19.6 Å². The minimum Gasteiger partial charge on any atom is -0.497 e. The highest BCUT2D eigenvalue weighted by Gasteiger charge is 2.05. The SMILES string of the molecule is COc1ccc(NC(=O)Nc2ccc(NC=O)c(C)c2)cc1. The third-order valence-corrected chi connectivity index (χ3v) is 3.05. The second kappa shape index (κ2) is 7.12. The summed E-state index contributed by atoms with van der Waals surface area (Å²) in [5.74, 6) is 0.722. The number of hydrogen-bond donors (Lipinski definition) is 3. The first kappa shape index (κ1) is 15.4. The molecule has 6 heteroatoms. The molecule has 114 valence electrons. The van der Waals surface area contributed by atoms with Crippen LogP contribution in [0.2, 0.25) is 0 Å². The summed E-state index contributed by atoms with van der Waals surface area (Å²) >= 11 is 0. The van der Waals surface area contributed by atoms with Crippen molar-refractivity contribution in [3.05, 3.63) is 48.0 Å². The smallest absolute Gasteiger partial charge is 0.323 e. The zero-order valence-electron chi connectivity index (χ0n) is 12.3. The zero-order chi connectivity index (χ0) is 15.9. The van der Waals surface area contributed by atoms with E-state index in [1.807, 2.05) is 6.92 Å². The fraction of sp³-hybridized carbons (Fsp3) is 0.125.